The van der Waals surface area contributed by atoms with Crippen molar-refractivity contribution in [3.63, 3.8) is 0 Å². The normalized spacial score (nSPS) is 16.1. The van der Waals surface area contributed by atoms with Gasteiger partial charge in [-0.05, 0) is 6.92 Å². The molecule has 0 rings (SSSR count). The topological polar surface area (TPSA) is 61.8 Å². The Kier molecular flexibility index (Phi) is 6.26. The number of hydrogen-bond acceptors (Lipinski definition) is 5. The lowest BCUT2D eigenvalue weighted by Gasteiger charge is -2.18. The summed E-state index contributed by atoms with van der Waals surface area (Å²) < 4.78 is 25.9. The maximum absolute atomic E-state index is 11.6. The van der Waals surface area contributed by atoms with Crippen molar-refractivity contribution in [2.24, 2.45) is 0 Å². The molecule has 0 aliphatic heterocycles. The van der Waals surface area contributed by atoms with Gasteiger partial charge in [0.2, 0.25) is 0 Å². The Morgan fingerprint density at radius 2 is 2.20 bits per heavy atom. The molecule has 0 saturated carbocycles. The second-order valence-electron chi connectivity index (χ2n) is 2.67. The summed E-state index contributed by atoms with van der Waals surface area (Å²) in [6.45, 7) is 2.94. The van der Waals surface area contributed by atoms with Crippen molar-refractivity contribution in [1.82, 2.24) is 0 Å². The molecule has 0 heterocycles. The fourth-order valence-electron chi connectivity index (χ4n) is 0.761. The number of carbonyl (C=O) groups is 1. The van der Waals surface area contributed by atoms with Crippen LogP contribution in [0.2, 0.25) is 0 Å². The Morgan fingerprint density at radius 1 is 1.60 bits per heavy atom. The first kappa shape index (κ1) is 14.2. The molecule has 86 valence electrons. The minimum absolute atomic E-state index is 0.129. The van der Waals surface area contributed by atoms with Gasteiger partial charge in [0.25, 0.3) is 0 Å². The van der Waals surface area contributed by atoms with Crippen LogP contribution < -0.4 is 0 Å². The Hall–Kier alpha value is -0.820. The summed E-state index contributed by atoms with van der Waals surface area (Å²) in [5, 5.41) is 0. The molecule has 15 heavy (non-hydrogen) atoms. The number of carbonyl (C=O) groups excluding carboxylic acids is 1. The van der Waals surface area contributed by atoms with E-state index >= 15 is 0 Å². The predicted molar refractivity (Wildman–Crippen MR) is 55.5 cm³/mol. The summed E-state index contributed by atoms with van der Waals surface area (Å²) in [5.74, 6) is 1.49. The summed E-state index contributed by atoms with van der Waals surface area (Å²) in [6.07, 6.45) is 4.15. The third-order valence-electron chi connectivity index (χ3n) is 1.61. The maximum Gasteiger partial charge on any atom is 0.336 e. The fraction of sp³-hybridized carbons (Fsp3) is 0.667. The molecule has 2 atom stereocenters. The van der Waals surface area contributed by atoms with Gasteiger partial charge in [-0.15, -0.1) is 6.42 Å². The molecule has 0 aromatic rings. The molecule has 0 bridgehead atoms. The molecule has 2 unspecified atom stereocenters. The Labute approximate surface area is 89.6 Å². The van der Waals surface area contributed by atoms with Gasteiger partial charge in [-0.3, -0.25) is 9.09 Å². The standard InChI is InChI=1S/C9H15O5P/c1-5-7-13-9(10)8(3)14-15(11,6-2)12-4/h1,8H,6-7H2,2-4H3. The predicted octanol–water partition coefficient (Wildman–Crippen LogP) is 1.43. The van der Waals surface area contributed by atoms with Crippen LogP contribution in [0.1, 0.15) is 13.8 Å². The third-order valence-corrected chi connectivity index (χ3v) is 3.58. The Bertz CT molecular complexity index is 285. The summed E-state index contributed by atoms with van der Waals surface area (Å²) in [6, 6.07) is 0. The van der Waals surface area contributed by atoms with Gasteiger partial charge in [0.1, 0.15) is 0 Å². The lowest BCUT2D eigenvalue weighted by atomic mass is 10.4. The zero-order chi connectivity index (χ0) is 11.9. The van der Waals surface area contributed by atoms with Crippen molar-refractivity contribution in [2.45, 2.75) is 20.0 Å². The molecule has 0 radical (unpaired) electrons. The van der Waals surface area contributed by atoms with Gasteiger partial charge in [0.05, 0.1) is 0 Å². The molecule has 0 aliphatic rings. The van der Waals surface area contributed by atoms with E-state index < -0.39 is 19.7 Å². The van der Waals surface area contributed by atoms with Gasteiger partial charge in [0.15, 0.2) is 12.7 Å². The van der Waals surface area contributed by atoms with Gasteiger partial charge >= 0.3 is 13.6 Å². The van der Waals surface area contributed by atoms with Crippen molar-refractivity contribution in [1.29, 1.82) is 0 Å². The van der Waals surface area contributed by atoms with E-state index in [1.54, 1.807) is 6.92 Å². The van der Waals surface area contributed by atoms with Gasteiger partial charge in [-0.1, -0.05) is 12.8 Å². The molecule has 0 aliphatic carbocycles. The van der Waals surface area contributed by atoms with Crippen LogP contribution in [0.3, 0.4) is 0 Å². The highest BCUT2D eigenvalue weighted by atomic mass is 31.2. The van der Waals surface area contributed by atoms with Crippen molar-refractivity contribution >= 4 is 13.6 Å². The van der Waals surface area contributed by atoms with Crippen LogP contribution in [0.25, 0.3) is 0 Å². The van der Waals surface area contributed by atoms with Crippen LogP contribution >= 0.6 is 7.60 Å². The van der Waals surface area contributed by atoms with Crippen LogP contribution in [0.4, 0.5) is 0 Å². The van der Waals surface area contributed by atoms with Crippen LogP contribution in [0.15, 0.2) is 0 Å². The molecule has 5 nitrogen and oxygen atoms in total. The zero-order valence-corrected chi connectivity index (χ0v) is 9.95. The van der Waals surface area contributed by atoms with Gasteiger partial charge in [0, 0.05) is 13.3 Å². The first-order chi connectivity index (χ1) is 6.99. The summed E-state index contributed by atoms with van der Waals surface area (Å²) in [7, 11) is -1.91. The third kappa shape index (κ3) is 4.98. The van der Waals surface area contributed by atoms with E-state index in [1.807, 2.05) is 0 Å². The van der Waals surface area contributed by atoms with Crippen LogP contribution in [-0.4, -0.2) is 32.0 Å². The van der Waals surface area contributed by atoms with E-state index in [1.165, 1.54) is 14.0 Å². The van der Waals surface area contributed by atoms with E-state index in [9.17, 15) is 9.36 Å². The highest BCUT2D eigenvalue weighted by molar-refractivity contribution is 7.53. The molecular weight excluding hydrogens is 219 g/mol. The monoisotopic (exact) mass is 234 g/mol. The van der Waals surface area contributed by atoms with Gasteiger partial charge in [-0.25, -0.2) is 4.79 Å². The van der Waals surface area contributed by atoms with E-state index in [0.29, 0.717) is 0 Å². The highest BCUT2D eigenvalue weighted by Gasteiger charge is 2.27. The Morgan fingerprint density at radius 3 is 2.60 bits per heavy atom. The van der Waals surface area contributed by atoms with Crippen molar-refractivity contribution in [3.05, 3.63) is 0 Å². The molecule has 0 aromatic carbocycles. The minimum Gasteiger partial charge on any atom is -0.451 e. The van der Waals surface area contributed by atoms with Crippen molar-refractivity contribution in [2.75, 3.05) is 19.9 Å². The Balaban J connectivity index is 4.24. The first-order valence-electron chi connectivity index (χ1n) is 4.42. The van der Waals surface area contributed by atoms with Gasteiger partial charge < -0.3 is 9.26 Å². The lowest BCUT2D eigenvalue weighted by molar-refractivity contribution is -0.149. The van der Waals surface area contributed by atoms with Crippen LogP contribution in [0.5, 0.6) is 0 Å². The van der Waals surface area contributed by atoms with Gasteiger partial charge in [-0.2, -0.15) is 0 Å². The number of ether oxygens (including phenoxy) is 1. The molecule has 0 amide bonds. The van der Waals surface area contributed by atoms with E-state index in [-0.39, 0.29) is 12.8 Å². The van der Waals surface area contributed by atoms with Crippen molar-refractivity contribution < 1.29 is 23.1 Å². The number of hydrogen-bond donors (Lipinski definition) is 0. The van der Waals surface area contributed by atoms with E-state index in [4.69, 9.17) is 15.5 Å². The van der Waals surface area contributed by atoms with Crippen LogP contribution in [-0.2, 0) is 23.1 Å². The fourth-order valence-corrected chi connectivity index (χ4v) is 1.82. The molecule has 0 spiro atoms. The largest absolute Gasteiger partial charge is 0.451 e. The molecular formula is C9H15O5P. The number of esters is 1. The van der Waals surface area contributed by atoms with E-state index in [0.717, 1.165) is 0 Å². The zero-order valence-electron chi connectivity index (χ0n) is 9.06. The smallest absolute Gasteiger partial charge is 0.336 e. The summed E-state index contributed by atoms with van der Waals surface area (Å²) in [4.78, 5) is 11.2. The van der Waals surface area contributed by atoms with Crippen molar-refractivity contribution in [3.8, 4) is 12.3 Å². The summed E-state index contributed by atoms with van der Waals surface area (Å²) in [5.41, 5.74) is 0. The highest BCUT2D eigenvalue weighted by Crippen LogP contribution is 2.47. The van der Waals surface area contributed by atoms with E-state index in [2.05, 4.69) is 10.7 Å². The van der Waals surface area contributed by atoms with Crippen LogP contribution in [0, 0.1) is 12.3 Å². The second-order valence-corrected chi connectivity index (χ2v) is 5.10. The average Bonchev–Trinajstić information content (AvgIpc) is 2.25. The minimum atomic E-state index is -3.18. The second kappa shape index (κ2) is 6.62. The quantitative estimate of drug-likeness (QED) is 0.395. The average molecular weight is 234 g/mol. The maximum atomic E-state index is 11.6. The summed E-state index contributed by atoms with van der Waals surface area (Å²) >= 11 is 0. The molecule has 0 aromatic heterocycles. The molecule has 6 heteroatoms. The lowest BCUT2D eigenvalue weighted by Crippen LogP contribution is -2.23. The molecule has 0 fully saturated rings. The SMILES string of the molecule is C#CCOC(=O)C(C)OP(=O)(CC)OC. The molecule has 0 saturated heterocycles. The first-order valence-corrected chi connectivity index (χ1v) is 6.15. The number of rotatable bonds is 6. The molecule has 0 N–H and O–H groups in total. The number of terminal acetylenes is 1.